The molecule has 0 aromatic heterocycles. The Morgan fingerprint density at radius 2 is 1.46 bits per heavy atom. The van der Waals surface area contributed by atoms with Gasteiger partial charge in [-0.25, -0.2) is 0 Å². The molecule has 1 aliphatic rings. The molecule has 0 aliphatic carbocycles. The molecule has 0 aromatic rings. The molecular weight excluding hydrogens is 178 g/mol. The highest BCUT2D eigenvalue weighted by atomic mass is 32.2. The average molecular weight is 200 g/mol. The molecule has 2 atom stereocenters. The number of nitrogens with zero attached hydrogens (tertiary/aromatic N) is 1. The smallest absolute Gasteiger partial charge is 0.00684 e. The Labute approximate surface area is 87.3 Å². The maximum atomic E-state index is 4.22. The number of hydrogen-bond donors (Lipinski definition) is 0. The lowest BCUT2D eigenvalue weighted by atomic mass is 9.98. The van der Waals surface area contributed by atoms with Crippen LogP contribution in [0.2, 0.25) is 0 Å². The van der Waals surface area contributed by atoms with E-state index in [2.05, 4.69) is 51.4 Å². The molecule has 13 heavy (non-hydrogen) atoms. The molecule has 1 heterocycles. The van der Waals surface area contributed by atoms with Crippen LogP contribution >= 0.6 is 11.8 Å². The minimum atomic E-state index is 0.672. The molecule has 0 saturated carbocycles. The van der Waals surface area contributed by atoms with Crippen molar-refractivity contribution < 1.29 is 0 Å². The van der Waals surface area contributed by atoms with Gasteiger partial charge < -0.3 is 4.90 Å². The van der Waals surface area contributed by atoms with Gasteiger partial charge in [0.25, 0.3) is 0 Å². The average Bonchev–Trinajstić information content (AvgIpc) is 2.03. The van der Waals surface area contributed by atoms with Crippen molar-refractivity contribution in [2.45, 2.75) is 39.8 Å². The second kappa shape index (κ2) is 4.70. The zero-order valence-electron chi connectivity index (χ0n) is 9.29. The van der Waals surface area contributed by atoms with E-state index in [-0.39, 0.29) is 0 Å². The molecular formula is C11H22NS-. The molecule has 1 aliphatic heterocycles. The first kappa shape index (κ1) is 11.4. The lowest BCUT2D eigenvalue weighted by molar-refractivity contribution is 0.148. The van der Waals surface area contributed by atoms with Gasteiger partial charge in [-0.3, -0.25) is 7.05 Å². The first-order valence-corrected chi connectivity index (χ1v) is 6.36. The summed E-state index contributed by atoms with van der Waals surface area (Å²) in [5.41, 5.74) is 0. The number of hydrogen-bond acceptors (Lipinski definition) is 2. The van der Waals surface area contributed by atoms with Gasteiger partial charge in [0.05, 0.1) is 0 Å². The van der Waals surface area contributed by atoms with Crippen molar-refractivity contribution in [2.24, 2.45) is 11.8 Å². The third-order valence-corrected chi connectivity index (χ3v) is 4.12. The van der Waals surface area contributed by atoms with Crippen molar-refractivity contribution >= 4 is 11.8 Å². The Morgan fingerprint density at radius 1 is 1.08 bits per heavy atom. The fraction of sp³-hybridized carbons (Fsp3) is 0.909. The molecule has 1 rings (SSSR count). The van der Waals surface area contributed by atoms with E-state index < -0.39 is 0 Å². The molecule has 2 heteroatoms. The zero-order chi connectivity index (χ0) is 10.0. The molecule has 1 saturated heterocycles. The molecule has 0 N–H and O–H groups in total. The van der Waals surface area contributed by atoms with Crippen LogP contribution in [0.5, 0.6) is 0 Å². The van der Waals surface area contributed by atoms with Gasteiger partial charge in [-0.15, -0.1) is 0 Å². The molecule has 0 spiro atoms. The highest BCUT2D eigenvalue weighted by molar-refractivity contribution is 7.99. The van der Waals surface area contributed by atoms with Crippen LogP contribution in [0.1, 0.15) is 27.7 Å². The van der Waals surface area contributed by atoms with Gasteiger partial charge in [-0.2, -0.15) is 11.8 Å². The zero-order valence-corrected chi connectivity index (χ0v) is 10.1. The highest BCUT2D eigenvalue weighted by Crippen LogP contribution is 2.28. The van der Waals surface area contributed by atoms with Crippen LogP contribution in [0.25, 0.3) is 0 Å². The van der Waals surface area contributed by atoms with E-state index in [1.807, 2.05) is 0 Å². The Morgan fingerprint density at radius 3 is 1.77 bits per heavy atom. The van der Waals surface area contributed by atoms with Crippen LogP contribution in [0.4, 0.5) is 0 Å². The van der Waals surface area contributed by atoms with Gasteiger partial charge in [0, 0.05) is 11.5 Å². The minimum absolute atomic E-state index is 0.672. The third-order valence-electron chi connectivity index (χ3n) is 2.97. The molecule has 1 nitrogen and oxygen atoms in total. The lowest BCUT2D eigenvalue weighted by Crippen LogP contribution is -2.50. The lowest BCUT2D eigenvalue weighted by Gasteiger charge is -2.49. The summed E-state index contributed by atoms with van der Waals surface area (Å²) in [7, 11) is 4.22. The van der Waals surface area contributed by atoms with E-state index in [0.717, 1.165) is 11.8 Å². The fourth-order valence-corrected chi connectivity index (χ4v) is 3.67. The van der Waals surface area contributed by atoms with Gasteiger partial charge in [-0.05, 0) is 23.9 Å². The number of rotatable bonds is 2. The molecule has 0 radical (unpaired) electrons. The topological polar surface area (TPSA) is 3.24 Å². The van der Waals surface area contributed by atoms with Crippen molar-refractivity contribution in [1.82, 2.24) is 4.90 Å². The van der Waals surface area contributed by atoms with E-state index in [1.54, 1.807) is 0 Å². The SMILES string of the molecule is [CH2-]N1[C@H](C(C)C)CSC[C@H]1C(C)C. The van der Waals surface area contributed by atoms with Crippen LogP contribution in [-0.4, -0.2) is 28.5 Å². The van der Waals surface area contributed by atoms with Crippen LogP contribution in [0.3, 0.4) is 0 Å². The molecule has 0 bridgehead atoms. The van der Waals surface area contributed by atoms with E-state index >= 15 is 0 Å². The van der Waals surface area contributed by atoms with Crippen molar-refractivity contribution in [1.29, 1.82) is 0 Å². The predicted octanol–water partition coefficient (Wildman–Crippen LogP) is 2.88. The van der Waals surface area contributed by atoms with Gasteiger partial charge in [0.1, 0.15) is 0 Å². The van der Waals surface area contributed by atoms with E-state index in [1.165, 1.54) is 11.5 Å². The van der Waals surface area contributed by atoms with E-state index in [0.29, 0.717) is 12.1 Å². The second-order valence-corrected chi connectivity index (χ2v) is 5.75. The van der Waals surface area contributed by atoms with E-state index in [4.69, 9.17) is 0 Å². The largest absolute Gasteiger partial charge is 0.452 e. The summed E-state index contributed by atoms with van der Waals surface area (Å²) in [6.45, 7) is 9.19. The third kappa shape index (κ3) is 2.63. The van der Waals surface area contributed by atoms with Crippen LogP contribution in [0, 0.1) is 18.9 Å². The van der Waals surface area contributed by atoms with Crippen molar-refractivity contribution in [3.63, 3.8) is 0 Å². The number of thioether (sulfide) groups is 1. The maximum Gasteiger partial charge on any atom is 0.00684 e. The fourth-order valence-electron chi connectivity index (χ4n) is 1.90. The van der Waals surface area contributed by atoms with Crippen LogP contribution in [-0.2, 0) is 0 Å². The van der Waals surface area contributed by atoms with E-state index in [9.17, 15) is 0 Å². The van der Waals surface area contributed by atoms with Crippen molar-refractivity contribution in [3.05, 3.63) is 7.05 Å². The molecule has 0 aromatic carbocycles. The quantitative estimate of drug-likeness (QED) is 0.631. The summed E-state index contributed by atoms with van der Waals surface area (Å²) in [5, 5.41) is 0. The summed E-state index contributed by atoms with van der Waals surface area (Å²) in [5.74, 6) is 3.97. The summed E-state index contributed by atoms with van der Waals surface area (Å²) >= 11 is 2.09. The summed E-state index contributed by atoms with van der Waals surface area (Å²) in [6, 6.07) is 1.34. The minimum Gasteiger partial charge on any atom is -0.452 e. The van der Waals surface area contributed by atoms with Crippen molar-refractivity contribution in [2.75, 3.05) is 11.5 Å². The molecule has 78 valence electrons. The predicted molar refractivity (Wildman–Crippen MR) is 61.8 cm³/mol. The Kier molecular flexibility index (Phi) is 4.11. The summed E-state index contributed by atoms with van der Waals surface area (Å²) in [6.07, 6.45) is 0. The Balaban J connectivity index is 2.60. The standard InChI is InChI=1S/C11H22NS/c1-8(2)10-6-13-7-11(9(3)4)12(10)5/h8-11H,5-7H2,1-4H3/q-1/t10-,11-/m0/s1. The summed E-state index contributed by atoms with van der Waals surface area (Å²) < 4.78 is 0. The first-order valence-electron chi connectivity index (χ1n) is 5.20. The van der Waals surface area contributed by atoms with Crippen LogP contribution in [0.15, 0.2) is 0 Å². The Hall–Kier alpha value is 0.310. The highest BCUT2D eigenvalue weighted by Gasteiger charge is 2.27. The molecule has 0 unspecified atom stereocenters. The monoisotopic (exact) mass is 200 g/mol. The molecule has 0 amide bonds. The van der Waals surface area contributed by atoms with Gasteiger partial charge in [-0.1, -0.05) is 27.7 Å². The first-order chi connectivity index (χ1) is 6.04. The molecule has 1 fully saturated rings. The normalized spacial score (nSPS) is 31.6. The van der Waals surface area contributed by atoms with Crippen molar-refractivity contribution in [3.8, 4) is 0 Å². The second-order valence-electron chi connectivity index (χ2n) is 4.67. The maximum absolute atomic E-state index is 4.22. The Bertz CT molecular complexity index is 140. The summed E-state index contributed by atoms with van der Waals surface area (Å²) in [4.78, 5) is 2.35. The van der Waals surface area contributed by atoms with Gasteiger partial charge in [0.15, 0.2) is 0 Å². The van der Waals surface area contributed by atoms with Gasteiger partial charge in [0.2, 0.25) is 0 Å². The van der Waals surface area contributed by atoms with Gasteiger partial charge >= 0.3 is 0 Å². The van der Waals surface area contributed by atoms with Crippen LogP contribution < -0.4 is 0 Å².